The van der Waals surface area contributed by atoms with Gasteiger partial charge in [-0.1, -0.05) is 11.6 Å². The Bertz CT molecular complexity index is 465. The molecule has 0 fully saturated rings. The molecule has 0 radical (unpaired) electrons. The normalized spacial score (nSPS) is 12.9. The quantitative estimate of drug-likeness (QED) is 0.649. The number of nitrogens with zero attached hydrogens (tertiary/aromatic N) is 2. The molecule has 1 unspecified atom stereocenters. The van der Waals surface area contributed by atoms with Crippen molar-refractivity contribution in [2.75, 3.05) is 0 Å². The number of aryl methyl sites for hydroxylation is 1. The van der Waals surface area contributed by atoms with Gasteiger partial charge >= 0.3 is 0 Å². The Morgan fingerprint density at radius 2 is 2.44 bits per heavy atom. The third-order valence-electron chi connectivity index (χ3n) is 2.34. The van der Waals surface area contributed by atoms with E-state index in [0.717, 1.165) is 22.0 Å². The standard InChI is InChI=1S/C10H13ClN4S/c1-15-4-2-7(14-15)6-9(13-12)10-8(11)3-5-16-10/h2-5,9,13H,6,12H2,1H3. The van der Waals surface area contributed by atoms with E-state index in [1.54, 1.807) is 16.0 Å². The number of nitrogens with one attached hydrogen (secondary N) is 1. The Labute approximate surface area is 103 Å². The first-order chi connectivity index (χ1) is 7.70. The van der Waals surface area contributed by atoms with Gasteiger partial charge in [0.15, 0.2) is 0 Å². The van der Waals surface area contributed by atoms with E-state index in [2.05, 4.69) is 10.5 Å². The summed E-state index contributed by atoms with van der Waals surface area (Å²) in [7, 11) is 1.90. The summed E-state index contributed by atoms with van der Waals surface area (Å²) in [6, 6.07) is 3.87. The molecule has 1 atom stereocenters. The van der Waals surface area contributed by atoms with Crippen LogP contribution < -0.4 is 11.3 Å². The van der Waals surface area contributed by atoms with E-state index in [1.807, 2.05) is 30.8 Å². The van der Waals surface area contributed by atoms with E-state index in [0.29, 0.717) is 0 Å². The van der Waals surface area contributed by atoms with Gasteiger partial charge in [0.1, 0.15) is 0 Å². The molecule has 16 heavy (non-hydrogen) atoms. The fourth-order valence-corrected chi connectivity index (χ4v) is 2.81. The van der Waals surface area contributed by atoms with Crippen molar-refractivity contribution < 1.29 is 0 Å². The van der Waals surface area contributed by atoms with E-state index >= 15 is 0 Å². The van der Waals surface area contributed by atoms with Crippen LogP contribution in [-0.4, -0.2) is 9.78 Å². The Morgan fingerprint density at radius 3 is 2.94 bits per heavy atom. The van der Waals surface area contributed by atoms with Crippen molar-refractivity contribution in [3.8, 4) is 0 Å². The fourth-order valence-electron chi connectivity index (χ4n) is 1.56. The predicted molar refractivity (Wildman–Crippen MR) is 66.3 cm³/mol. The molecular formula is C10H13ClN4S. The molecule has 86 valence electrons. The van der Waals surface area contributed by atoms with Crippen LogP contribution >= 0.6 is 22.9 Å². The number of hydrogen-bond donors (Lipinski definition) is 2. The Balaban J connectivity index is 2.15. The number of aromatic nitrogens is 2. The molecule has 0 aliphatic carbocycles. The molecule has 3 N–H and O–H groups in total. The van der Waals surface area contributed by atoms with Crippen LogP contribution in [0, 0.1) is 0 Å². The second-order valence-corrected chi connectivity index (χ2v) is 4.89. The molecule has 0 amide bonds. The minimum Gasteiger partial charge on any atom is -0.276 e. The van der Waals surface area contributed by atoms with Gasteiger partial charge in [0.2, 0.25) is 0 Å². The molecule has 2 rings (SSSR count). The van der Waals surface area contributed by atoms with Crippen molar-refractivity contribution in [3.05, 3.63) is 39.3 Å². The zero-order valence-corrected chi connectivity index (χ0v) is 10.4. The number of rotatable bonds is 4. The Kier molecular flexibility index (Phi) is 3.60. The minimum absolute atomic E-state index is 0.0161. The van der Waals surface area contributed by atoms with Crippen LogP contribution in [-0.2, 0) is 13.5 Å². The molecule has 2 aromatic rings. The molecule has 0 spiro atoms. The lowest BCUT2D eigenvalue weighted by Gasteiger charge is -2.13. The molecule has 0 aliphatic rings. The highest BCUT2D eigenvalue weighted by molar-refractivity contribution is 7.10. The number of nitrogens with two attached hydrogens (primary N) is 1. The zero-order valence-electron chi connectivity index (χ0n) is 8.85. The monoisotopic (exact) mass is 256 g/mol. The van der Waals surface area contributed by atoms with E-state index in [1.165, 1.54) is 0 Å². The SMILES string of the molecule is Cn1ccc(CC(NN)c2sccc2Cl)n1. The van der Waals surface area contributed by atoms with E-state index < -0.39 is 0 Å². The van der Waals surface area contributed by atoms with Crippen molar-refractivity contribution in [3.63, 3.8) is 0 Å². The molecular weight excluding hydrogens is 244 g/mol. The topological polar surface area (TPSA) is 55.9 Å². The van der Waals surface area contributed by atoms with Gasteiger partial charge in [-0.05, 0) is 17.5 Å². The number of halogens is 1. The largest absolute Gasteiger partial charge is 0.276 e. The average molecular weight is 257 g/mol. The highest BCUT2D eigenvalue weighted by atomic mass is 35.5. The van der Waals surface area contributed by atoms with Crippen LogP contribution in [0.1, 0.15) is 16.6 Å². The molecule has 4 nitrogen and oxygen atoms in total. The smallest absolute Gasteiger partial charge is 0.0644 e. The van der Waals surface area contributed by atoms with Crippen molar-refractivity contribution in [1.29, 1.82) is 0 Å². The summed E-state index contributed by atoms with van der Waals surface area (Å²) in [6.07, 6.45) is 2.65. The first kappa shape index (κ1) is 11.6. The number of thiophene rings is 1. The Morgan fingerprint density at radius 1 is 1.62 bits per heavy atom. The molecule has 0 saturated heterocycles. The third-order valence-corrected chi connectivity index (χ3v) is 3.82. The highest BCUT2D eigenvalue weighted by Crippen LogP contribution is 2.29. The summed E-state index contributed by atoms with van der Waals surface area (Å²) in [5.41, 5.74) is 3.78. The van der Waals surface area contributed by atoms with Gasteiger partial charge in [0, 0.05) is 24.5 Å². The van der Waals surface area contributed by atoms with Gasteiger partial charge in [0.05, 0.1) is 16.8 Å². The zero-order chi connectivity index (χ0) is 11.5. The van der Waals surface area contributed by atoms with Crippen LogP contribution in [0.2, 0.25) is 5.02 Å². The number of hydrogen-bond acceptors (Lipinski definition) is 4. The summed E-state index contributed by atoms with van der Waals surface area (Å²) in [5, 5.41) is 7.03. The van der Waals surface area contributed by atoms with E-state index in [-0.39, 0.29) is 6.04 Å². The van der Waals surface area contributed by atoms with Gasteiger partial charge in [-0.2, -0.15) is 5.10 Å². The second-order valence-electron chi connectivity index (χ2n) is 3.54. The molecule has 2 aromatic heterocycles. The van der Waals surface area contributed by atoms with Crippen molar-refractivity contribution in [2.24, 2.45) is 12.9 Å². The Hall–Kier alpha value is -0.880. The first-order valence-corrected chi connectivity index (χ1v) is 6.14. The lowest BCUT2D eigenvalue weighted by molar-refractivity contribution is 0.549. The van der Waals surface area contributed by atoms with E-state index in [4.69, 9.17) is 17.4 Å². The molecule has 0 aliphatic heterocycles. The maximum absolute atomic E-state index is 6.07. The lowest BCUT2D eigenvalue weighted by atomic mass is 10.1. The minimum atomic E-state index is 0.0161. The molecule has 0 aromatic carbocycles. The number of hydrazine groups is 1. The van der Waals surface area contributed by atoms with Crippen LogP contribution in [0.4, 0.5) is 0 Å². The van der Waals surface area contributed by atoms with Crippen molar-refractivity contribution in [2.45, 2.75) is 12.5 Å². The fraction of sp³-hybridized carbons (Fsp3) is 0.300. The van der Waals surface area contributed by atoms with Crippen molar-refractivity contribution in [1.82, 2.24) is 15.2 Å². The summed E-state index contributed by atoms with van der Waals surface area (Å²) < 4.78 is 1.78. The average Bonchev–Trinajstić information content (AvgIpc) is 2.84. The lowest BCUT2D eigenvalue weighted by Crippen LogP contribution is -2.29. The highest BCUT2D eigenvalue weighted by Gasteiger charge is 2.16. The van der Waals surface area contributed by atoms with Gasteiger partial charge in [-0.15, -0.1) is 11.3 Å². The summed E-state index contributed by atoms with van der Waals surface area (Å²) in [5.74, 6) is 5.55. The second kappa shape index (κ2) is 4.97. The summed E-state index contributed by atoms with van der Waals surface area (Å²) in [6.45, 7) is 0. The van der Waals surface area contributed by atoms with Gasteiger partial charge in [-0.3, -0.25) is 16.0 Å². The van der Waals surface area contributed by atoms with Gasteiger partial charge < -0.3 is 0 Å². The molecule has 0 bridgehead atoms. The molecule has 6 heteroatoms. The molecule has 2 heterocycles. The third kappa shape index (κ3) is 2.44. The first-order valence-electron chi connectivity index (χ1n) is 4.88. The van der Waals surface area contributed by atoms with Gasteiger partial charge in [0.25, 0.3) is 0 Å². The van der Waals surface area contributed by atoms with Gasteiger partial charge in [-0.25, -0.2) is 0 Å². The predicted octanol–water partition coefficient (Wildman–Crippen LogP) is 1.88. The maximum Gasteiger partial charge on any atom is 0.0644 e. The van der Waals surface area contributed by atoms with Crippen LogP contribution in [0.25, 0.3) is 0 Å². The van der Waals surface area contributed by atoms with E-state index in [9.17, 15) is 0 Å². The van der Waals surface area contributed by atoms with Crippen molar-refractivity contribution >= 4 is 22.9 Å². The van der Waals surface area contributed by atoms with Crippen LogP contribution in [0.3, 0.4) is 0 Å². The summed E-state index contributed by atoms with van der Waals surface area (Å²) >= 11 is 7.67. The van der Waals surface area contributed by atoms with Crippen LogP contribution in [0.15, 0.2) is 23.7 Å². The van der Waals surface area contributed by atoms with Crippen LogP contribution in [0.5, 0.6) is 0 Å². The molecule has 0 saturated carbocycles. The maximum atomic E-state index is 6.07. The summed E-state index contributed by atoms with van der Waals surface area (Å²) in [4.78, 5) is 1.05.